The Bertz CT molecular complexity index is 774. The Morgan fingerprint density at radius 3 is 2.72 bits per heavy atom. The molecule has 5 heteroatoms. The van der Waals surface area contributed by atoms with E-state index in [9.17, 15) is 14.0 Å². The third-order valence-electron chi connectivity index (χ3n) is 4.58. The fraction of sp³-hybridized carbons (Fsp3) is 0.300. The van der Waals surface area contributed by atoms with Crippen molar-refractivity contribution < 1.29 is 14.0 Å². The molecular formula is C20H21FN2O2. The van der Waals surface area contributed by atoms with E-state index in [1.165, 1.54) is 12.1 Å². The van der Waals surface area contributed by atoms with Crippen LogP contribution in [0.4, 0.5) is 10.1 Å². The maximum absolute atomic E-state index is 13.0. The third-order valence-corrected chi connectivity index (χ3v) is 4.58. The van der Waals surface area contributed by atoms with Crippen molar-refractivity contribution >= 4 is 17.5 Å². The van der Waals surface area contributed by atoms with Crippen molar-refractivity contribution in [2.45, 2.75) is 32.2 Å². The minimum atomic E-state index is -0.300. The highest BCUT2D eigenvalue weighted by atomic mass is 19.1. The van der Waals surface area contributed by atoms with E-state index in [0.29, 0.717) is 12.8 Å². The largest absolute Gasteiger partial charge is 0.350 e. The quantitative estimate of drug-likeness (QED) is 0.874. The molecular weight excluding hydrogens is 319 g/mol. The Hall–Kier alpha value is -2.69. The molecule has 2 unspecified atom stereocenters. The molecule has 2 amide bonds. The summed E-state index contributed by atoms with van der Waals surface area (Å²) in [6, 6.07) is 13.6. The number of amides is 2. The maximum atomic E-state index is 13.0. The SMILES string of the molecule is CC(NC(=O)CCC1Cc2ccccc2NC1=O)c1ccc(F)cc1. The average Bonchev–Trinajstić information content (AvgIpc) is 2.60. The average molecular weight is 340 g/mol. The number of carbonyl (C=O) groups is 2. The molecule has 1 heterocycles. The summed E-state index contributed by atoms with van der Waals surface area (Å²) in [5.74, 6) is -0.630. The normalized spacial score (nSPS) is 17.4. The minimum absolute atomic E-state index is 0.0296. The number of rotatable bonds is 5. The van der Waals surface area contributed by atoms with E-state index < -0.39 is 0 Å². The highest BCUT2D eigenvalue weighted by Crippen LogP contribution is 2.27. The van der Waals surface area contributed by atoms with Crippen LogP contribution in [-0.2, 0) is 16.0 Å². The molecule has 0 fully saturated rings. The van der Waals surface area contributed by atoms with Crippen LogP contribution in [0.5, 0.6) is 0 Å². The topological polar surface area (TPSA) is 58.2 Å². The lowest BCUT2D eigenvalue weighted by molar-refractivity contribution is -0.123. The van der Waals surface area contributed by atoms with E-state index in [2.05, 4.69) is 10.6 Å². The van der Waals surface area contributed by atoms with E-state index in [4.69, 9.17) is 0 Å². The number of halogens is 1. The summed E-state index contributed by atoms with van der Waals surface area (Å²) < 4.78 is 13.0. The second kappa shape index (κ2) is 7.47. The molecule has 130 valence electrons. The van der Waals surface area contributed by atoms with Crippen LogP contribution in [-0.4, -0.2) is 11.8 Å². The van der Waals surface area contributed by atoms with Gasteiger partial charge in [0.25, 0.3) is 0 Å². The van der Waals surface area contributed by atoms with Gasteiger partial charge in [0, 0.05) is 18.0 Å². The van der Waals surface area contributed by atoms with Gasteiger partial charge >= 0.3 is 0 Å². The Balaban J connectivity index is 1.52. The van der Waals surface area contributed by atoms with Gasteiger partial charge in [0.1, 0.15) is 5.82 Å². The van der Waals surface area contributed by atoms with E-state index in [-0.39, 0.29) is 36.0 Å². The number of benzene rings is 2. The van der Waals surface area contributed by atoms with Gasteiger partial charge in [-0.25, -0.2) is 4.39 Å². The number of hydrogen-bond donors (Lipinski definition) is 2. The highest BCUT2D eigenvalue weighted by molar-refractivity contribution is 5.96. The van der Waals surface area contributed by atoms with Gasteiger partial charge < -0.3 is 10.6 Å². The number of hydrogen-bond acceptors (Lipinski definition) is 2. The summed E-state index contributed by atoms with van der Waals surface area (Å²) in [7, 11) is 0. The van der Waals surface area contributed by atoms with Crippen molar-refractivity contribution in [3.63, 3.8) is 0 Å². The Morgan fingerprint density at radius 2 is 1.96 bits per heavy atom. The van der Waals surface area contributed by atoms with Crippen molar-refractivity contribution in [2.75, 3.05) is 5.32 Å². The molecule has 0 aromatic heterocycles. The molecule has 0 saturated heterocycles. The maximum Gasteiger partial charge on any atom is 0.227 e. The smallest absolute Gasteiger partial charge is 0.227 e. The molecule has 0 aliphatic carbocycles. The lowest BCUT2D eigenvalue weighted by Gasteiger charge is -2.24. The zero-order valence-corrected chi connectivity index (χ0v) is 14.1. The van der Waals surface area contributed by atoms with Crippen molar-refractivity contribution in [1.82, 2.24) is 5.32 Å². The predicted molar refractivity (Wildman–Crippen MR) is 94.5 cm³/mol. The van der Waals surface area contributed by atoms with Gasteiger partial charge in [-0.05, 0) is 49.1 Å². The van der Waals surface area contributed by atoms with Crippen LogP contribution in [0.15, 0.2) is 48.5 Å². The molecule has 0 saturated carbocycles. The number of para-hydroxylation sites is 1. The van der Waals surface area contributed by atoms with Gasteiger partial charge in [-0.2, -0.15) is 0 Å². The van der Waals surface area contributed by atoms with Crippen molar-refractivity contribution in [1.29, 1.82) is 0 Å². The number of fused-ring (bicyclic) bond motifs is 1. The summed E-state index contributed by atoms with van der Waals surface area (Å²) in [5.41, 5.74) is 2.81. The molecule has 2 atom stereocenters. The van der Waals surface area contributed by atoms with E-state index in [1.54, 1.807) is 12.1 Å². The van der Waals surface area contributed by atoms with E-state index in [1.807, 2.05) is 31.2 Å². The molecule has 2 N–H and O–H groups in total. The van der Waals surface area contributed by atoms with Gasteiger partial charge in [-0.1, -0.05) is 30.3 Å². The van der Waals surface area contributed by atoms with Crippen LogP contribution in [0.25, 0.3) is 0 Å². The van der Waals surface area contributed by atoms with Crippen LogP contribution in [0, 0.1) is 11.7 Å². The fourth-order valence-electron chi connectivity index (χ4n) is 3.10. The van der Waals surface area contributed by atoms with Crippen LogP contribution in [0.3, 0.4) is 0 Å². The predicted octanol–water partition coefficient (Wildman–Crippen LogP) is 3.59. The molecule has 1 aliphatic rings. The zero-order valence-electron chi connectivity index (χ0n) is 14.1. The zero-order chi connectivity index (χ0) is 17.8. The summed E-state index contributed by atoms with van der Waals surface area (Å²) in [6.07, 6.45) is 1.44. The first-order valence-corrected chi connectivity index (χ1v) is 8.46. The van der Waals surface area contributed by atoms with Gasteiger partial charge in [0.15, 0.2) is 0 Å². The van der Waals surface area contributed by atoms with Crippen LogP contribution in [0.2, 0.25) is 0 Å². The molecule has 0 spiro atoms. The van der Waals surface area contributed by atoms with Crippen molar-refractivity contribution in [2.24, 2.45) is 5.92 Å². The Morgan fingerprint density at radius 1 is 1.24 bits per heavy atom. The Kier molecular flexibility index (Phi) is 5.12. The number of anilines is 1. The van der Waals surface area contributed by atoms with Gasteiger partial charge in [0.05, 0.1) is 6.04 Å². The van der Waals surface area contributed by atoms with Crippen LogP contribution in [0.1, 0.15) is 36.9 Å². The minimum Gasteiger partial charge on any atom is -0.350 e. The summed E-state index contributed by atoms with van der Waals surface area (Å²) in [6.45, 7) is 1.86. The molecule has 1 aliphatic heterocycles. The monoisotopic (exact) mass is 340 g/mol. The fourth-order valence-corrected chi connectivity index (χ4v) is 3.10. The summed E-state index contributed by atoms with van der Waals surface area (Å²) in [5, 5.41) is 5.80. The van der Waals surface area contributed by atoms with Gasteiger partial charge in [-0.15, -0.1) is 0 Å². The third kappa shape index (κ3) is 4.24. The molecule has 2 aromatic rings. The van der Waals surface area contributed by atoms with Crippen LogP contribution >= 0.6 is 0 Å². The van der Waals surface area contributed by atoms with Gasteiger partial charge in [-0.3, -0.25) is 9.59 Å². The number of nitrogens with one attached hydrogen (secondary N) is 2. The first-order valence-electron chi connectivity index (χ1n) is 8.46. The second-order valence-corrected chi connectivity index (χ2v) is 6.43. The van der Waals surface area contributed by atoms with Crippen LogP contribution < -0.4 is 10.6 Å². The first-order chi connectivity index (χ1) is 12.0. The van der Waals surface area contributed by atoms with E-state index in [0.717, 1.165) is 16.8 Å². The van der Waals surface area contributed by atoms with E-state index >= 15 is 0 Å². The lowest BCUT2D eigenvalue weighted by Crippen LogP contribution is -2.32. The standard InChI is InChI=1S/C20H21FN2O2/c1-13(14-6-9-17(21)10-7-14)22-19(24)11-8-16-12-15-4-2-3-5-18(15)23-20(16)25/h2-7,9-10,13,16H,8,11-12H2,1H3,(H,22,24)(H,23,25). The molecule has 2 aromatic carbocycles. The summed E-state index contributed by atoms with van der Waals surface area (Å²) >= 11 is 0. The molecule has 3 rings (SSSR count). The number of carbonyl (C=O) groups excluding carboxylic acids is 2. The molecule has 25 heavy (non-hydrogen) atoms. The molecule has 0 radical (unpaired) electrons. The highest BCUT2D eigenvalue weighted by Gasteiger charge is 2.26. The second-order valence-electron chi connectivity index (χ2n) is 6.43. The Labute approximate surface area is 146 Å². The molecule has 0 bridgehead atoms. The van der Waals surface area contributed by atoms with Gasteiger partial charge in [0.2, 0.25) is 11.8 Å². The molecule has 4 nitrogen and oxygen atoms in total. The first kappa shape index (κ1) is 17.1. The van der Waals surface area contributed by atoms with Crippen molar-refractivity contribution in [3.05, 3.63) is 65.5 Å². The van der Waals surface area contributed by atoms with Crippen molar-refractivity contribution in [3.8, 4) is 0 Å². The lowest BCUT2D eigenvalue weighted by atomic mass is 9.89. The summed E-state index contributed by atoms with van der Waals surface area (Å²) in [4.78, 5) is 24.3.